The molecule has 1 aromatic carbocycles. The van der Waals surface area contributed by atoms with Gasteiger partial charge >= 0.3 is 0 Å². The van der Waals surface area contributed by atoms with E-state index >= 15 is 0 Å². The zero-order valence-electron chi connectivity index (χ0n) is 11.8. The average molecular weight is 333 g/mol. The second-order valence-electron chi connectivity index (χ2n) is 4.73. The van der Waals surface area contributed by atoms with Crippen molar-refractivity contribution >= 4 is 35.0 Å². The van der Waals surface area contributed by atoms with Crippen LogP contribution < -0.4 is 4.90 Å². The zero-order chi connectivity index (χ0) is 15.5. The van der Waals surface area contributed by atoms with Gasteiger partial charge in [0.05, 0.1) is 11.6 Å². The van der Waals surface area contributed by atoms with Crippen LogP contribution in [0.5, 0.6) is 0 Å². The molecule has 0 saturated heterocycles. The molecule has 4 nitrogen and oxygen atoms in total. The lowest BCUT2D eigenvalue weighted by Crippen LogP contribution is -2.20. The molecule has 0 saturated carbocycles. The fourth-order valence-electron chi connectivity index (χ4n) is 2.28. The Balaban J connectivity index is 2.04. The molecule has 22 heavy (non-hydrogen) atoms. The predicted octanol–water partition coefficient (Wildman–Crippen LogP) is 4.53. The third-order valence-electron chi connectivity index (χ3n) is 3.28. The number of nitrogens with zero attached hydrogens (tertiary/aromatic N) is 2. The number of carbonyl (C=O) groups excluding carboxylic acids is 1. The Hall–Kier alpha value is -2.11. The van der Waals surface area contributed by atoms with E-state index in [-0.39, 0.29) is 0 Å². The molecule has 6 heteroatoms. The summed E-state index contributed by atoms with van der Waals surface area (Å²) in [4.78, 5) is 14.3. The first-order chi connectivity index (χ1) is 10.7. The summed E-state index contributed by atoms with van der Waals surface area (Å²) < 4.78 is 5.30. The van der Waals surface area contributed by atoms with Crippen molar-refractivity contribution in [3.63, 3.8) is 0 Å². The SMILES string of the molecule is Cc1onc(-c2ccccc2Cl)c1N(C=O)Cc1cccs1. The summed E-state index contributed by atoms with van der Waals surface area (Å²) in [6, 6.07) is 11.3. The summed E-state index contributed by atoms with van der Waals surface area (Å²) in [6.45, 7) is 2.26. The van der Waals surface area contributed by atoms with Crippen LogP contribution in [0.15, 0.2) is 46.3 Å². The van der Waals surface area contributed by atoms with Crippen molar-refractivity contribution < 1.29 is 9.32 Å². The minimum absolute atomic E-state index is 0.473. The molecule has 0 radical (unpaired) electrons. The molecular weight excluding hydrogens is 320 g/mol. The van der Waals surface area contributed by atoms with Crippen molar-refractivity contribution in [3.05, 3.63) is 57.4 Å². The van der Waals surface area contributed by atoms with E-state index in [0.717, 1.165) is 16.9 Å². The molecule has 0 aliphatic rings. The summed E-state index contributed by atoms with van der Waals surface area (Å²) in [6.07, 6.45) is 0.791. The number of anilines is 1. The molecular formula is C16H13ClN2O2S. The van der Waals surface area contributed by atoms with Crippen LogP contribution in [-0.2, 0) is 11.3 Å². The van der Waals surface area contributed by atoms with Gasteiger partial charge in [-0.05, 0) is 24.4 Å². The van der Waals surface area contributed by atoms with Gasteiger partial charge in [-0.15, -0.1) is 11.3 Å². The molecule has 2 aromatic heterocycles. The number of amides is 1. The standard InChI is InChI=1S/C16H13ClN2O2S/c1-11-16(19(10-20)9-12-5-4-8-22-12)15(18-21-11)13-6-2-3-7-14(13)17/h2-8,10H,9H2,1H3. The van der Waals surface area contributed by atoms with Crippen LogP contribution in [0.4, 0.5) is 5.69 Å². The Morgan fingerprint density at radius 2 is 2.14 bits per heavy atom. The molecule has 0 N–H and O–H groups in total. The first-order valence-electron chi connectivity index (χ1n) is 6.66. The number of carbonyl (C=O) groups is 1. The van der Waals surface area contributed by atoms with E-state index in [1.54, 1.807) is 29.2 Å². The van der Waals surface area contributed by atoms with E-state index in [0.29, 0.717) is 28.7 Å². The summed E-state index contributed by atoms with van der Waals surface area (Å²) >= 11 is 7.84. The molecule has 2 heterocycles. The molecule has 0 aliphatic heterocycles. The smallest absolute Gasteiger partial charge is 0.214 e. The molecule has 3 rings (SSSR count). The number of aromatic nitrogens is 1. The zero-order valence-corrected chi connectivity index (χ0v) is 13.4. The van der Waals surface area contributed by atoms with Crippen LogP contribution in [0.25, 0.3) is 11.3 Å². The van der Waals surface area contributed by atoms with Gasteiger partial charge < -0.3 is 9.42 Å². The van der Waals surface area contributed by atoms with Gasteiger partial charge in [-0.1, -0.05) is 41.0 Å². The maximum absolute atomic E-state index is 11.6. The fraction of sp³-hybridized carbons (Fsp3) is 0.125. The average Bonchev–Trinajstić information content (AvgIpc) is 3.15. The van der Waals surface area contributed by atoms with Crippen LogP contribution in [0.3, 0.4) is 0 Å². The van der Waals surface area contributed by atoms with Gasteiger partial charge in [0.2, 0.25) is 6.41 Å². The van der Waals surface area contributed by atoms with E-state index in [1.165, 1.54) is 0 Å². The number of hydrogen-bond donors (Lipinski definition) is 0. The van der Waals surface area contributed by atoms with Gasteiger partial charge in [-0.2, -0.15) is 0 Å². The van der Waals surface area contributed by atoms with E-state index < -0.39 is 0 Å². The van der Waals surface area contributed by atoms with Crippen molar-refractivity contribution in [3.8, 4) is 11.3 Å². The molecule has 0 spiro atoms. The first-order valence-corrected chi connectivity index (χ1v) is 7.92. The van der Waals surface area contributed by atoms with Gasteiger partial charge in [0.25, 0.3) is 0 Å². The second kappa shape index (κ2) is 6.34. The molecule has 3 aromatic rings. The summed E-state index contributed by atoms with van der Waals surface area (Å²) in [5.41, 5.74) is 1.97. The number of benzene rings is 1. The van der Waals surface area contributed by atoms with Crippen LogP contribution in [0.2, 0.25) is 5.02 Å². The summed E-state index contributed by atoms with van der Waals surface area (Å²) in [5, 5.41) is 6.64. The lowest BCUT2D eigenvalue weighted by Gasteiger charge is -2.16. The Labute approximate surface area is 136 Å². The minimum atomic E-state index is 0.473. The highest BCUT2D eigenvalue weighted by molar-refractivity contribution is 7.09. The highest BCUT2D eigenvalue weighted by Crippen LogP contribution is 2.37. The van der Waals surface area contributed by atoms with Crippen LogP contribution in [-0.4, -0.2) is 11.6 Å². The number of aryl methyl sites for hydroxylation is 1. The van der Waals surface area contributed by atoms with Gasteiger partial charge in [-0.3, -0.25) is 4.79 Å². The largest absolute Gasteiger partial charge is 0.359 e. The van der Waals surface area contributed by atoms with Crippen molar-refractivity contribution in [2.45, 2.75) is 13.5 Å². The lowest BCUT2D eigenvalue weighted by atomic mass is 10.1. The van der Waals surface area contributed by atoms with Crippen molar-refractivity contribution in [2.75, 3.05) is 4.90 Å². The molecule has 0 aliphatic carbocycles. The predicted molar refractivity (Wildman–Crippen MR) is 88.3 cm³/mol. The minimum Gasteiger partial charge on any atom is -0.359 e. The van der Waals surface area contributed by atoms with Crippen LogP contribution >= 0.6 is 22.9 Å². The molecule has 0 atom stereocenters. The van der Waals surface area contributed by atoms with Crippen molar-refractivity contribution in [2.24, 2.45) is 0 Å². The molecule has 1 amide bonds. The van der Waals surface area contributed by atoms with Gasteiger partial charge in [0, 0.05) is 10.4 Å². The number of thiophene rings is 1. The van der Waals surface area contributed by atoms with Crippen LogP contribution in [0, 0.1) is 6.92 Å². The summed E-state index contributed by atoms with van der Waals surface area (Å²) in [7, 11) is 0. The van der Waals surface area contributed by atoms with Gasteiger partial charge in [0.15, 0.2) is 5.76 Å². The molecule has 0 bridgehead atoms. The van der Waals surface area contributed by atoms with Gasteiger partial charge in [0.1, 0.15) is 11.4 Å². The van der Waals surface area contributed by atoms with Gasteiger partial charge in [-0.25, -0.2) is 0 Å². The molecule has 112 valence electrons. The lowest BCUT2D eigenvalue weighted by molar-refractivity contribution is -0.107. The number of halogens is 1. The van der Waals surface area contributed by atoms with Crippen LogP contribution in [0.1, 0.15) is 10.6 Å². The number of hydrogen-bond acceptors (Lipinski definition) is 4. The third-order valence-corrected chi connectivity index (χ3v) is 4.47. The first kappa shape index (κ1) is 14.8. The molecule has 0 fully saturated rings. The molecule has 0 unspecified atom stereocenters. The normalized spacial score (nSPS) is 10.6. The Morgan fingerprint density at radius 3 is 2.82 bits per heavy atom. The Morgan fingerprint density at radius 1 is 1.32 bits per heavy atom. The topological polar surface area (TPSA) is 46.3 Å². The third kappa shape index (κ3) is 2.77. The van der Waals surface area contributed by atoms with E-state index in [4.69, 9.17) is 16.1 Å². The highest BCUT2D eigenvalue weighted by Gasteiger charge is 2.22. The Kier molecular flexibility index (Phi) is 4.27. The number of rotatable bonds is 5. The quantitative estimate of drug-likeness (QED) is 0.645. The van der Waals surface area contributed by atoms with E-state index in [9.17, 15) is 4.79 Å². The van der Waals surface area contributed by atoms with E-state index in [1.807, 2.05) is 35.7 Å². The monoisotopic (exact) mass is 332 g/mol. The second-order valence-corrected chi connectivity index (χ2v) is 6.17. The van der Waals surface area contributed by atoms with Crippen molar-refractivity contribution in [1.82, 2.24) is 5.16 Å². The highest BCUT2D eigenvalue weighted by atomic mass is 35.5. The van der Waals surface area contributed by atoms with E-state index in [2.05, 4.69) is 5.16 Å². The maximum Gasteiger partial charge on any atom is 0.214 e. The fourth-order valence-corrected chi connectivity index (χ4v) is 3.20. The maximum atomic E-state index is 11.6. The Bertz CT molecular complexity index is 783. The van der Waals surface area contributed by atoms with Crippen molar-refractivity contribution in [1.29, 1.82) is 0 Å². The summed E-state index contributed by atoms with van der Waals surface area (Å²) in [5.74, 6) is 0.582.